The number of hydrogen-bond donors (Lipinski definition) is 2. The molecule has 3 heterocycles. The lowest BCUT2D eigenvalue weighted by atomic mass is 10.1. The van der Waals surface area contributed by atoms with Gasteiger partial charge in [-0.2, -0.15) is 18.3 Å². The molecule has 1 saturated heterocycles. The standard InChI is InChI=1S/C21H25N7.C8H4ClF3O/c1-14-4-6-17(23-2)10-16(14)5-7-18-19-20(22)24-13-25-21(19)28(26-18)12-15-8-9-27(3)11-15;9-7-2-1-5(4-13)3-6(7)8(10,11)12/h4,6,10,13,15,23H,8-9,11-12H2,1-3H3,(H2,22,24,25);1-4H. The van der Waals surface area contributed by atoms with Gasteiger partial charge in [-0.1, -0.05) is 29.7 Å². The maximum atomic E-state index is 12.2. The quantitative estimate of drug-likeness (QED) is 0.249. The van der Waals surface area contributed by atoms with Crippen LogP contribution >= 0.6 is 11.6 Å². The lowest BCUT2D eigenvalue weighted by Crippen LogP contribution is -2.17. The molecule has 1 aliphatic heterocycles. The number of aromatic nitrogens is 4. The number of halogens is 4. The summed E-state index contributed by atoms with van der Waals surface area (Å²) in [5, 5.41) is 8.24. The van der Waals surface area contributed by atoms with Crippen LogP contribution in [0.1, 0.15) is 39.2 Å². The molecule has 2 aromatic heterocycles. The van der Waals surface area contributed by atoms with E-state index < -0.39 is 16.8 Å². The zero-order chi connectivity index (χ0) is 29.7. The second-order valence-electron chi connectivity index (χ2n) is 9.79. The second kappa shape index (κ2) is 12.6. The fourth-order valence-electron chi connectivity index (χ4n) is 4.54. The molecule has 4 aromatic rings. The van der Waals surface area contributed by atoms with Crippen LogP contribution in [0.4, 0.5) is 24.7 Å². The lowest BCUT2D eigenvalue weighted by Gasteiger charge is -2.10. The predicted molar refractivity (Wildman–Crippen MR) is 154 cm³/mol. The van der Waals surface area contributed by atoms with Crippen molar-refractivity contribution in [2.24, 2.45) is 5.92 Å². The summed E-state index contributed by atoms with van der Waals surface area (Å²) < 4.78 is 38.4. The van der Waals surface area contributed by atoms with Crippen LogP contribution in [0.2, 0.25) is 5.02 Å². The zero-order valence-electron chi connectivity index (χ0n) is 22.8. The third kappa shape index (κ3) is 7.14. The number of benzene rings is 2. The van der Waals surface area contributed by atoms with Crippen molar-refractivity contribution < 1.29 is 18.0 Å². The van der Waals surface area contributed by atoms with E-state index in [9.17, 15) is 18.0 Å². The molecule has 0 amide bonds. The van der Waals surface area contributed by atoms with Gasteiger partial charge >= 0.3 is 6.18 Å². The molecule has 1 unspecified atom stereocenters. The second-order valence-corrected chi connectivity index (χ2v) is 10.2. The highest BCUT2D eigenvalue weighted by Gasteiger charge is 2.33. The van der Waals surface area contributed by atoms with E-state index in [2.05, 4.69) is 45.1 Å². The van der Waals surface area contributed by atoms with Crippen LogP contribution in [0, 0.1) is 24.7 Å². The maximum absolute atomic E-state index is 12.2. The third-order valence-corrected chi connectivity index (χ3v) is 7.08. The zero-order valence-corrected chi connectivity index (χ0v) is 23.5. The van der Waals surface area contributed by atoms with Crippen molar-refractivity contribution in [3.05, 3.63) is 75.7 Å². The molecule has 1 aliphatic rings. The highest BCUT2D eigenvalue weighted by atomic mass is 35.5. The molecular weight excluding hydrogens is 555 g/mol. The number of carbonyl (C=O) groups is 1. The van der Waals surface area contributed by atoms with E-state index in [-0.39, 0.29) is 5.56 Å². The monoisotopic (exact) mass is 583 g/mol. The molecule has 3 N–H and O–H groups in total. The highest BCUT2D eigenvalue weighted by molar-refractivity contribution is 6.31. The SMILES string of the molecule is CNc1ccc(C)c(C#Cc2nn(CC3CCN(C)C3)c3ncnc(N)c23)c1.O=Cc1ccc(Cl)c(C(F)(F)F)c1. The van der Waals surface area contributed by atoms with Crippen molar-refractivity contribution in [3.63, 3.8) is 0 Å². The number of aldehydes is 1. The number of alkyl halides is 3. The van der Waals surface area contributed by atoms with Crippen LogP contribution in [-0.2, 0) is 12.7 Å². The molecule has 1 fully saturated rings. The molecule has 2 aromatic carbocycles. The molecule has 0 spiro atoms. The van der Waals surface area contributed by atoms with Crippen LogP contribution in [0.3, 0.4) is 0 Å². The predicted octanol–water partition coefficient (Wildman–Crippen LogP) is 5.28. The fourth-order valence-corrected chi connectivity index (χ4v) is 4.76. The molecule has 0 radical (unpaired) electrons. The number of nitrogen functional groups attached to an aromatic ring is 1. The lowest BCUT2D eigenvalue weighted by molar-refractivity contribution is -0.137. The number of nitrogens with one attached hydrogen (secondary N) is 1. The van der Waals surface area contributed by atoms with Crippen LogP contribution in [0.25, 0.3) is 11.0 Å². The average Bonchev–Trinajstić information content (AvgIpc) is 3.51. The summed E-state index contributed by atoms with van der Waals surface area (Å²) in [6.45, 7) is 5.05. The molecular formula is C29H29ClF3N7O. The van der Waals surface area contributed by atoms with Gasteiger partial charge in [0.25, 0.3) is 0 Å². The molecule has 12 heteroatoms. The van der Waals surface area contributed by atoms with E-state index >= 15 is 0 Å². The van der Waals surface area contributed by atoms with Crippen molar-refractivity contribution in [2.45, 2.75) is 26.1 Å². The van der Waals surface area contributed by atoms with Crippen molar-refractivity contribution in [1.82, 2.24) is 24.6 Å². The Hall–Kier alpha value is -4.14. The summed E-state index contributed by atoms with van der Waals surface area (Å²) in [6.07, 6.45) is -1.52. The minimum atomic E-state index is -4.52. The summed E-state index contributed by atoms with van der Waals surface area (Å²) in [6, 6.07) is 9.12. The van der Waals surface area contributed by atoms with E-state index in [0.29, 0.717) is 23.7 Å². The number of carbonyl (C=O) groups excluding carboxylic acids is 1. The fraction of sp³-hybridized carbons (Fsp3) is 0.310. The van der Waals surface area contributed by atoms with Crippen LogP contribution in [0.15, 0.2) is 42.7 Å². The van der Waals surface area contributed by atoms with E-state index in [4.69, 9.17) is 22.4 Å². The Kier molecular flexibility index (Phi) is 9.15. The largest absolute Gasteiger partial charge is 0.417 e. The minimum Gasteiger partial charge on any atom is -0.388 e. The van der Waals surface area contributed by atoms with Gasteiger partial charge in [0.1, 0.15) is 24.1 Å². The number of nitrogens with two attached hydrogens (primary N) is 1. The van der Waals surface area contributed by atoms with Crippen molar-refractivity contribution in [2.75, 3.05) is 38.2 Å². The van der Waals surface area contributed by atoms with Gasteiger partial charge in [0, 0.05) is 37.0 Å². The molecule has 8 nitrogen and oxygen atoms in total. The van der Waals surface area contributed by atoms with Gasteiger partial charge < -0.3 is 16.0 Å². The summed E-state index contributed by atoms with van der Waals surface area (Å²) >= 11 is 5.30. The normalized spacial score (nSPS) is 15.1. The topological polar surface area (TPSA) is 102 Å². The number of nitrogens with zero attached hydrogens (tertiary/aromatic N) is 5. The van der Waals surface area contributed by atoms with E-state index in [1.165, 1.54) is 12.4 Å². The van der Waals surface area contributed by atoms with E-state index in [1.54, 1.807) is 0 Å². The molecule has 41 heavy (non-hydrogen) atoms. The van der Waals surface area contributed by atoms with Crippen molar-refractivity contribution in [3.8, 4) is 11.8 Å². The molecule has 0 aliphatic carbocycles. The summed E-state index contributed by atoms with van der Waals surface area (Å²) in [4.78, 5) is 21.1. The summed E-state index contributed by atoms with van der Waals surface area (Å²) in [5.41, 5.74) is 9.62. The Morgan fingerprint density at radius 3 is 2.63 bits per heavy atom. The number of hydrogen-bond acceptors (Lipinski definition) is 7. The van der Waals surface area contributed by atoms with Gasteiger partial charge in [-0.25, -0.2) is 14.6 Å². The van der Waals surface area contributed by atoms with E-state index in [1.807, 2.05) is 30.8 Å². The molecule has 0 saturated carbocycles. The number of fused-ring (bicyclic) bond motifs is 1. The maximum Gasteiger partial charge on any atom is 0.417 e. The van der Waals surface area contributed by atoms with Gasteiger partial charge in [0.15, 0.2) is 5.65 Å². The smallest absolute Gasteiger partial charge is 0.388 e. The average molecular weight is 584 g/mol. The molecule has 5 rings (SSSR count). The Morgan fingerprint density at radius 2 is 1.98 bits per heavy atom. The van der Waals surface area contributed by atoms with Gasteiger partial charge in [0.2, 0.25) is 0 Å². The molecule has 1 atom stereocenters. The summed E-state index contributed by atoms with van der Waals surface area (Å²) in [7, 11) is 4.05. The van der Waals surface area contributed by atoms with Crippen LogP contribution < -0.4 is 11.1 Å². The summed E-state index contributed by atoms with van der Waals surface area (Å²) in [5.74, 6) is 7.44. The Labute approximate surface area is 240 Å². The van der Waals surface area contributed by atoms with Crippen molar-refractivity contribution >= 4 is 40.4 Å². The number of likely N-dealkylation sites (tertiary alicyclic amines) is 1. The van der Waals surface area contributed by atoms with Crippen LogP contribution in [-0.4, -0.2) is 58.1 Å². The van der Waals surface area contributed by atoms with Gasteiger partial charge in [-0.05, 0) is 68.6 Å². The number of anilines is 2. The van der Waals surface area contributed by atoms with E-state index in [0.717, 1.165) is 66.0 Å². The third-order valence-electron chi connectivity index (χ3n) is 6.75. The Morgan fingerprint density at radius 1 is 1.20 bits per heavy atom. The molecule has 0 bridgehead atoms. The number of aryl methyl sites for hydroxylation is 1. The first-order chi connectivity index (χ1) is 19.5. The minimum absolute atomic E-state index is 0.0447. The first-order valence-corrected chi connectivity index (χ1v) is 13.2. The molecule has 214 valence electrons. The van der Waals surface area contributed by atoms with Gasteiger partial charge in [-0.15, -0.1) is 0 Å². The van der Waals surface area contributed by atoms with Gasteiger partial charge in [0.05, 0.1) is 16.0 Å². The first kappa shape index (κ1) is 29.8. The Balaban J connectivity index is 0.000000251. The highest BCUT2D eigenvalue weighted by Crippen LogP contribution is 2.34. The van der Waals surface area contributed by atoms with Crippen molar-refractivity contribution in [1.29, 1.82) is 0 Å². The first-order valence-electron chi connectivity index (χ1n) is 12.8. The number of rotatable bonds is 4. The Bertz CT molecular complexity index is 1620. The van der Waals surface area contributed by atoms with Gasteiger partial charge in [-0.3, -0.25) is 4.79 Å². The van der Waals surface area contributed by atoms with Crippen LogP contribution in [0.5, 0.6) is 0 Å².